The normalized spacial score (nSPS) is 11.2. The SMILES string of the molecule is Cc1ccc(-c2nn(C)c(N)c2C(C)C)cc1C. The van der Waals surface area contributed by atoms with Crippen LogP contribution < -0.4 is 5.73 Å². The van der Waals surface area contributed by atoms with Gasteiger partial charge in [-0.1, -0.05) is 26.0 Å². The predicted molar refractivity (Wildman–Crippen MR) is 76.6 cm³/mol. The summed E-state index contributed by atoms with van der Waals surface area (Å²) in [6, 6.07) is 6.44. The molecule has 0 amide bonds. The molecule has 0 spiro atoms. The van der Waals surface area contributed by atoms with E-state index in [9.17, 15) is 0 Å². The number of hydrogen-bond donors (Lipinski definition) is 1. The van der Waals surface area contributed by atoms with Crippen molar-refractivity contribution in [2.24, 2.45) is 7.05 Å². The van der Waals surface area contributed by atoms with Crippen LogP contribution in [0.3, 0.4) is 0 Å². The average molecular weight is 243 g/mol. The van der Waals surface area contributed by atoms with Crippen LogP contribution in [-0.4, -0.2) is 9.78 Å². The minimum absolute atomic E-state index is 0.371. The first-order valence-corrected chi connectivity index (χ1v) is 6.31. The molecule has 96 valence electrons. The molecule has 0 saturated carbocycles. The highest BCUT2D eigenvalue weighted by Gasteiger charge is 2.18. The Morgan fingerprint density at radius 3 is 2.39 bits per heavy atom. The molecule has 0 saturated heterocycles. The van der Waals surface area contributed by atoms with Crippen LogP contribution in [0, 0.1) is 13.8 Å². The van der Waals surface area contributed by atoms with Gasteiger partial charge in [-0.2, -0.15) is 5.10 Å². The maximum absolute atomic E-state index is 6.11. The smallest absolute Gasteiger partial charge is 0.125 e. The van der Waals surface area contributed by atoms with Crippen molar-refractivity contribution >= 4 is 5.82 Å². The first-order valence-electron chi connectivity index (χ1n) is 6.31. The van der Waals surface area contributed by atoms with E-state index in [1.807, 2.05) is 7.05 Å². The van der Waals surface area contributed by atoms with Gasteiger partial charge in [0.25, 0.3) is 0 Å². The molecule has 1 aromatic carbocycles. The summed E-state index contributed by atoms with van der Waals surface area (Å²) < 4.78 is 1.76. The molecule has 3 heteroatoms. The summed E-state index contributed by atoms with van der Waals surface area (Å²) in [6.07, 6.45) is 0. The lowest BCUT2D eigenvalue weighted by molar-refractivity contribution is 0.780. The molecule has 0 unspecified atom stereocenters. The summed E-state index contributed by atoms with van der Waals surface area (Å²) >= 11 is 0. The van der Waals surface area contributed by atoms with Crippen molar-refractivity contribution in [3.8, 4) is 11.3 Å². The standard InChI is InChI=1S/C15H21N3/c1-9(2)13-14(17-18(5)15(13)16)12-7-6-10(3)11(4)8-12/h6-9H,16H2,1-5H3. The van der Waals surface area contributed by atoms with Gasteiger partial charge in [0, 0.05) is 18.2 Å². The zero-order chi connectivity index (χ0) is 13.4. The van der Waals surface area contributed by atoms with Crippen molar-refractivity contribution in [3.05, 3.63) is 34.9 Å². The van der Waals surface area contributed by atoms with Crippen molar-refractivity contribution in [3.63, 3.8) is 0 Å². The van der Waals surface area contributed by atoms with Crippen molar-refractivity contribution in [1.82, 2.24) is 9.78 Å². The van der Waals surface area contributed by atoms with Gasteiger partial charge in [0.05, 0.1) is 5.69 Å². The van der Waals surface area contributed by atoms with Gasteiger partial charge in [0.1, 0.15) is 5.82 Å². The van der Waals surface area contributed by atoms with E-state index in [0.29, 0.717) is 5.92 Å². The van der Waals surface area contributed by atoms with Crippen molar-refractivity contribution in [2.75, 3.05) is 5.73 Å². The van der Waals surface area contributed by atoms with Crippen LogP contribution in [0.25, 0.3) is 11.3 Å². The maximum Gasteiger partial charge on any atom is 0.125 e. The summed E-state index contributed by atoms with van der Waals surface area (Å²) in [4.78, 5) is 0. The first-order chi connectivity index (χ1) is 8.41. The number of rotatable bonds is 2. The lowest BCUT2D eigenvalue weighted by Crippen LogP contribution is -2.00. The van der Waals surface area contributed by atoms with Crippen LogP contribution in [0.2, 0.25) is 0 Å². The number of nitrogens with zero attached hydrogens (tertiary/aromatic N) is 2. The van der Waals surface area contributed by atoms with E-state index < -0.39 is 0 Å². The Kier molecular flexibility index (Phi) is 3.16. The Labute approximate surface area is 109 Å². The highest BCUT2D eigenvalue weighted by Crippen LogP contribution is 2.33. The molecule has 18 heavy (non-hydrogen) atoms. The van der Waals surface area contributed by atoms with E-state index in [1.54, 1.807) is 4.68 Å². The van der Waals surface area contributed by atoms with E-state index in [0.717, 1.165) is 22.6 Å². The molecule has 2 rings (SSSR count). The van der Waals surface area contributed by atoms with E-state index in [-0.39, 0.29) is 0 Å². The van der Waals surface area contributed by atoms with Gasteiger partial charge >= 0.3 is 0 Å². The molecule has 2 N–H and O–H groups in total. The van der Waals surface area contributed by atoms with Crippen LogP contribution in [-0.2, 0) is 7.05 Å². The van der Waals surface area contributed by atoms with E-state index in [2.05, 4.69) is 51.0 Å². The summed E-state index contributed by atoms with van der Waals surface area (Å²) in [6.45, 7) is 8.55. The second-order valence-corrected chi connectivity index (χ2v) is 5.22. The third-order valence-corrected chi connectivity index (χ3v) is 3.49. The summed E-state index contributed by atoms with van der Waals surface area (Å²) in [5.41, 5.74) is 12.0. The minimum Gasteiger partial charge on any atom is -0.384 e. The van der Waals surface area contributed by atoms with Crippen LogP contribution >= 0.6 is 0 Å². The first kappa shape index (κ1) is 12.7. The molecule has 0 aliphatic carbocycles. The van der Waals surface area contributed by atoms with Crippen molar-refractivity contribution < 1.29 is 0 Å². The summed E-state index contributed by atoms with van der Waals surface area (Å²) in [5, 5.41) is 4.56. The van der Waals surface area contributed by atoms with Crippen LogP contribution in [0.15, 0.2) is 18.2 Å². The number of anilines is 1. The van der Waals surface area contributed by atoms with Gasteiger partial charge in [-0.25, -0.2) is 0 Å². The highest BCUT2D eigenvalue weighted by molar-refractivity contribution is 5.70. The fraction of sp³-hybridized carbons (Fsp3) is 0.400. The number of aryl methyl sites for hydroxylation is 3. The third-order valence-electron chi connectivity index (χ3n) is 3.49. The molecule has 0 radical (unpaired) electrons. The fourth-order valence-corrected chi connectivity index (χ4v) is 2.22. The molecule has 1 aromatic heterocycles. The van der Waals surface area contributed by atoms with Gasteiger partial charge in [0.15, 0.2) is 0 Å². The summed E-state index contributed by atoms with van der Waals surface area (Å²) in [7, 11) is 1.89. The van der Waals surface area contributed by atoms with Crippen molar-refractivity contribution in [2.45, 2.75) is 33.6 Å². The molecular weight excluding hydrogens is 222 g/mol. The maximum atomic E-state index is 6.11. The fourth-order valence-electron chi connectivity index (χ4n) is 2.22. The Bertz CT molecular complexity index is 580. The topological polar surface area (TPSA) is 43.8 Å². The Morgan fingerprint density at radius 1 is 1.17 bits per heavy atom. The molecule has 0 bridgehead atoms. The molecular formula is C15H21N3. The number of benzene rings is 1. The zero-order valence-corrected chi connectivity index (χ0v) is 11.8. The molecule has 0 atom stereocenters. The number of nitrogen functional groups attached to an aromatic ring is 1. The van der Waals surface area contributed by atoms with Gasteiger partial charge in [-0.15, -0.1) is 0 Å². The van der Waals surface area contributed by atoms with E-state index in [1.165, 1.54) is 11.1 Å². The molecule has 0 aliphatic rings. The molecule has 0 aliphatic heterocycles. The predicted octanol–water partition coefficient (Wildman–Crippen LogP) is 3.41. The zero-order valence-electron chi connectivity index (χ0n) is 11.8. The second kappa shape index (κ2) is 4.48. The quantitative estimate of drug-likeness (QED) is 0.878. The average Bonchev–Trinajstić information content (AvgIpc) is 2.59. The lowest BCUT2D eigenvalue weighted by Gasteiger charge is -2.08. The minimum atomic E-state index is 0.371. The second-order valence-electron chi connectivity index (χ2n) is 5.22. The largest absolute Gasteiger partial charge is 0.384 e. The van der Waals surface area contributed by atoms with Crippen LogP contribution in [0.1, 0.15) is 36.5 Å². The molecule has 1 heterocycles. The molecule has 0 fully saturated rings. The molecule has 2 aromatic rings. The van der Waals surface area contributed by atoms with E-state index in [4.69, 9.17) is 5.73 Å². The van der Waals surface area contributed by atoms with Crippen molar-refractivity contribution in [1.29, 1.82) is 0 Å². The van der Waals surface area contributed by atoms with Gasteiger partial charge in [-0.05, 0) is 37.0 Å². The Hall–Kier alpha value is -1.77. The lowest BCUT2D eigenvalue weighted by atomic mass is 9.96. The van der Waals surface area contributed by atoms with E-state index >= 15 is 0 Å². The van der Waals surface area contributed by atoms with Gasteiger partial charge in [0.2, 0.25) is 0 Å². The number of aromatic nitrogens is 2. The third kappa shape index (κ3) is 2.01. The van der Waals surface area contributed by atoms with Gasteiger partial charge < -0.3 is 5.73 Å². The monoisotopic (exact) mass is 243 g/mol. The molecule has 3 nitrogen and oxygen atoms in total. The summed E-state index contributed by atoms with van der Waals surface area (Å²) in [5.74, 6) is 1.13. The van der Waals surface area contributed by atoms with Crippen LogP contribution in [0.5, 0.6) is 0 Å². The Balaban J connectivity index is 2.63. The van der Waals surface area contributed by atoms with Crippen LogP contribution in [0.4, 0.5) is 5.82 Å². The Morgan fingerprint density at radius 2 is 1.83 bits per heavy atom. The van der Waals surface area contributed by atoms with Gasteiger partial charge in [-0.3, -0.25) is 4.68 Å². The highest BCUT2D eigenvalue weighted by atomic mass is 15.3. The number of hydrogen-bond acceptors (Lipinski definition) is 2. The number of nitrogens with two attached hydrogens (primary N) is 1.